The Morgan fingerprint density at radius 3 is 3.00 bits per heavy atom. The highest BCUT2D eigenvalue weighted by molar-refractivity contribution is 7.09. The Hall–Kier alpha value is -1.07. The van der Waals surface area contributed by atoms with Gasteiger partial charge in [-0.15, -0.1) is 11.3 Å². The van der Waals surface area contributed by atoms with E-state index in [0.29, 0.717) is 0 Å². The third-order valence-corrected chi connectivity index (χ3v) is 5.53. The molecule has 0 bridgehead atoms. The lowest BCUT2D eigenvalue weighted by Gasteiger charge is -2.32. The van der Waals surface area contributed by atoms with Crippen LogP contribution in [0.4, 0.5) is 0 Å². The number of rotatable bonds is 9. The van der Waals surface area contributed by atoms with Gasteiger partial charge in [0.25, 0.3) is 0 Å². The van der Waals surface area contributed by atoms with E-state index in [1.165, 1.54) is 56.5 Å². The first-order valence-corrected chi connectivity index (χ1v) is 10.4. The summed E-state index contributed by atoms with van der Waals surface area (Å²) < 4.78 is 0. The van der Waals surface area contributed by atoms with E-state index in [0.717, 1.165) is 31.5 Å². The molecule has 136 valence electrons. The Kier molecular flexibility index (Phi) is 9.21. The fraction of sp³-hybridized carbons (Fsp3) is 0.737. The number of unbranched alkanes of at least 4 members (excludes halogenated alkanes) is 3. The molecule has 1 atom stereocenters. The summed E-state index contributed by atoms with van der Waals surface area (Å²) in [5.74, 6) is 1.68. The van der Waals surface area contributed by atoms with Crippen LogP contribution in [0.2, 0.25) is 0 Å². The highest BCUT2D eigenvalue weighted by Crippen LogP contribution is 2.19. The van der Waals surface area contributed by atoms with Gasteiger partial charge in [0.2, 0.25) is 0 Å². The number of nitrogens with zero attached hydrogens (tertiary/aromatic N) is 2. The van der Waals surface area contributed by atoms with E-state index in [-0.39, 0.29) is 0 Å². The van der Waals surface area contributed by atoms with Crippen LogP contribution in [0, 0.1) is 5.92 Å². The van der Waals surface area contributed by atoms with E-state index in [9.17, 15) is 0 Å². The third-order valence-electron chi connectivity index (χ3n) is 4.67. The second-order valence-electron chi connectivity index (χ2n) is 6.76. The zero-order chi connectivity index (χ0) is 17.0. The van der Waals surface area contributed by atoms with E-state index >= 15 is 0 Å². The van der Waals surface area contributed by atoms with Gasteiger partial charge in [-0.05, 0) is 43.2 Å². The Morgan fingerprint density at radius 2 is 2.25 bits per heavy atom. The topological polar surface area (TPSA) is 39.7 Å². The van der Waals surface area contributed by atoms with Crippen LogP contribution in [0.15, 0.2) is 22.5 Å². The molecule has 1 saturated heterocycles. The summed E-state index contributed by atoms with van der Waals surface area (Å²) in [6.07, 6.45) is 7.78. The van der Waals surface area contributed by atoms with Gasteiger partial charge in [-0.25, -0.2) is 0 Å². The Balaban J connectivity index is 1.64. The van der Waals surface area contributed by atoms with E-state index in [1.54, 1.807) is 0 Å². The number of thiophene rings is 1. The normalized spacial score (nSPS) is 19.4. The minimum Gasteiger partial charge on any atom is -0.356 e. The fourth-order valence-electron chi connectivity index (χ4n) is 3.30. The van der Waals surface area contributed by atoms with Crippen LogP contribution >= 0.6 is 11.3 Å². The molecule has 2 rings (SSSR count). The number of nitrogens with one attached hydrogen (secondary N) is 2. The van der Waals surface area contributed by atoms with Crippen molar-refractivity contribution in [2.24, 2.45) is 10.9 Å². The van der Waals surface area contributed by atoms with Gasteiger partial charge >= 0.3 is 0 Å². The summed E-state index contributed by atoms with van der Waals surface area (Å²) in [7, 11) is 1.87. The van der Waals surface area contributed by atoms with Crippen LogP contribution in [0.1, 0.15) is 50.3 Å². The van der Waals surface area contributed by atoms with Gasteiger partial charge in [0, 0.05) is 38.1 Å². The summed E-state index contributed by atoms with van der Waals surface area (Å²) >= 11 is 1.87. The van der Waals surface area contributed by atoms with Crippen molar-refractivity contribution >= 4 is 17.3 Å². The van der Waals surface area contributed by atoms with Crippen LogP contribution < -0.4 is 10.6 Å². The molecule has 0 radical (unpaired) electrons. The lowest BCUT2D eigenvalue weighted by Crippen LogP contribution is -2.44. The van der Waals surface area contributed by atoms with Crippen molar-refractivity contribution in [3.63, 3.8) is 0 Å². The van der Waals surface area contributed by atoms with Crippen LogP contribution in [0.25, 0.3) is 0 Å². The number of guanidine groups is 1. The highest BCUT2D eigenvalue weighted by Gasteiger charge is 2.20. The molecule has 0 spiro atoms. The van der Waals surface area contributed by atoms with Gasteiger partial charge in [0.15, 0.2) is 5.96 Å². The molecule has 4 nitrogen and oxygen atoms in total. The van der Waals surface area contributed by atoms with Crippen molar-refractivity contribution in [1.29, 1.82) is 0 Å². The van der Waals surface area contributed by atoms with Gasteiger partial charge in [-0.3, -0.25) is 9.89 Å². The maximum atomic E-state index is 4.35. The largest absolute Gasteiger partial charge is 0.356 e. The van der Waals surface area contributed by atoms with E-state index in [1.807, 2.05) is 18.4 Å². The quantitative estimate of drug-likeness (QED) is 0.405. The molecular formula is C19H34N4S. The number of hydrogen-bond donors (Lipinski definition) is 2. The van der Waals surface area contributed by atoms with Crippen molar-refractivity contribution in [2.75, 3.05) is 33.2 Å². The van der Waals surface area contributed by atoms with E-state index in [4.69, 9.17) is 0 Å². The first-order valence-electron chi connectivity index (χ1n) is 9.51. The second kappa shape index (κ2) is 11.5. The van der Waals surface area contributed by atoms with Gasteiger partial charge < -0.3 is 10.6 Å². The molecule has 1 unspecified atom stereocenters. The lowest BCUT2D eigenvalue weighted by molar-refractivity contribution is 0.169. The van der Waals surface area contributed by atoms with Crippen molar-refractivity contribution in [2.45, 2.75) is 52.0 Å². The van der Waals surface area contributed by atoms with Crippen molar-refractivity contribution in [3.05, 3.63) is 22.4 Å². The molecule has 0 aliphatic carbocycles. The predicted octanol–water partition coefficient (Wildman–Crippen LogP) is 3.71. The van der Waals surface area contributed by atoms with Gasteiger partial charge in [-0.2, -0.15) is 0 Å². The minimum absolute atomic E-state index is 0.720. The molecule has 0 amide bonds. The number of piperidine rings is 1. The molecule has 24 heavy (non-hydrogen) atoms. The fourth-order valence-corrected chi connectivity index (χ4v) is 4.05. The second-order valence-corrected chi connectivity index (χ2v) is 7.80. The average molecular weight is 351 g/mol. The monoisotopic (exact) mass is 350 g/mol. The Bertz CT molecular complexity index is 458. The average Bonchev–Trinajstić information content (AvgIpc) is 3.11. The van der Waals surface area contributed by atoms with E-state index in [2.05, 4.69) is 45.0 Å². The molecule has 0 saturated carbocycles. The Labute approximate surface area is 151 Å². The lowest BCUT2D eigenvalue weighted by atomic mass is 9.98. The summed E-state index contributed by atoms with van der Waals surface area (Å²) in [6.45, 7) is 7.83. The summed E-state index contributed by atoms with van der Waals surface area (Å²) in [5, 5.41) is 9.14. The molecule has 5 heteroatoms. The van der Waals surface area contributed by atoms with Crippen molar-refractivity contribution in [1.82, 2.24) is 15.5 Å². The van der Waals surface area contributed by atoms with Gasteiger partial charge in [0.05, 0.1) is 0 Å². The van der Waals surface area contributed by atoms with Gasteiger partial charge in [0.1, 0.15) is 0 Å². The third kappa shape index (κ3) is 7.22. The SMILES string of the molecule is CCCCCCNC(=NC)NCC1CCCN(Cc2cccs2)C1. The molecule has 1 aromatic heterocycles. The van der Waals surface area contributed by atoms with Crippen molar-refractivity contribution in [3.8, 4) is 0 Å². The zero-order valence-corrected chi connectivity index (χ0v) is 16.2. The molecule has 1 aliphatic heterocycles. The molecular weight excluding hydrogens is 316 g/mol. The summed E-state index contributed by atoms with van der Waals surface area (Å²) in [6, 6.07) is 4.40. The molecule has 1 aromatic rings. The number of likely N-dealkylation sites (tertiary alicyclic amines) is 1. The highest BCUT2D eigenvalue weighted by atomic mass is 32.1. The smallest absolute Gasteiger partial charge is 0.190 e. The zero-order valence-electron chi connectivity index (χ0n) is 15.4. The summed E-state index contributed by atoms with van der Waals surface area (Å²) in [4.78, 5) is 8.43. The van der Waals surface area contributed by atoms with Crippen LogP contribution in [0.3, 0.4) is 0 Å². The molecule has 2 heterocycles. The molecule has 0 aromatic carbocycles. The Morgan fingerprint density at radius 1 is 1.33 bits per heavy atom. The van der Waals surface area contributed by atoms with E-state index < -0.39 is 0 Å². The minimum atomic E-state index is 0.720. The number of hydrogen-bond acceptors (Lipinski definition) is 3. The van der Waals surface area contributed by atoms with Gasteiger partial charge in [-0.1, -0.05) is 32.3 Å². The summed E-state index contributed by atoms with van der Waals surface area (Å²) in [5.41, 5.74) is 0. The molecule has 1 aliphatic rings. The maximum Gasteiger partial charge on any atom is 0.190 e. The van der Waals surface area contributed by atoms with Crippen LogP contribution in [-0.2, 0) is 6.54 Å². The molecule has 1 fully saturated rings. The van der Waals surface area contributed by atoms with Crippen LogP contribution in [0.5, 0.6) is 0 Å². The number of aliphatic imine (C=N–C) groups is 1. The predicted molar refractivity (Wildman–Crippen MR) is 106 cm³/mol. The van der Waals surface area contributed by atoms with Crippen LogP contribution in [-0.4, -0.2) is 44.1 Å². The van der Waals surface area contributed by atoms with Crippen molar-refractivity contribution < 1.29 is 0 Å². The first-order chi connectivity index (χ1) is 11.8. The first kappa shape index (κ1) is 19.3. The standard InChI is InChI=1S/C19H34N4S/c1-3-4-5-6-11-21-19(20-2)22-14-17-9-7-12-23(15-17)16-18-10-8-13-24-18/h8,10,13,17H,3-7,9,11-12,14-16H2,1-2H3,(H2,20,21,22). The maximum absolute atomic E-state index is 4.35. The molecule has 2 N–H and O–H groups in total.